The molecule has 0 bridgehead atoms. The molecule has 1 aromatic rings. The monoisotopic (exact) mass is 328 g/mol. The van der Waals surface area contributed by atoms with E-state index < -0.39 is 21.9 Å². The number of piperidine rings is 1. The van der Waals surface area contributed by atoms with Crippen LogP contribution < -0.4 is 0 Å². The van der Waals surface area contributed by atoms with Gasteiger partial charge in [0.25, 0.3) is 0 Å². The van der Waals surface area contributed by atoms with Gasteiger partial charge >= 0.3 is 5.97 Å². The third kappa shape index (κ3) is 2.89. The Labute approximate surface area is 129 Å². The predicted octanol–water partition coefficient (Wildman–Crippen LogP) is 1.47. The van der Waals surface area contributed by atoms with Crippen LogP contribution in [0.2, 0.25) is 0 Å². The Kier molecular flexibility index (Phi) is 4.22. The summed E-state index contributed by atoms with van der Waals surface area (Å²) in [5.41, 5.74) is 0.382. The van der Waals surface area contributed by atoms with Crippen LogP contribution in [0, 0.1) is 11.8 Å². The van der Waals surface area contributed by atoms with Gasteiger partial charge in [0, 0.05) is 18.7 Å². The number of hydrogen-bond donors (Lipinski definition) is 1. The van der Waals surface area contributed by atoms with Crippen LogP contribution in [-0.4, -0.2) is 41.5 Å². The Morgan fingerprint density at radius 1 is 1.36 bits per heavy atom. The quantitative estimate of drug-likeness (QED) is 0.898. The molecule has 0 aromatic carbocycles. The lowest BCUT2D eigenvalue weighted by Gasteiger charge is -2.45. The molecule has 122 valence electrons. The normalized spacial score (nSPS) is 29.9. The van der Waals surface area contributed by atoms with E-state index in [1.165, 1.54) is 10.6 Å². The summed E-state index contributed by atoms with van der Waals surface area (Å²) in [6.07, 6.45) is 5.19. The smallest absolute Gasteiger partial charge is 0.306 e. The molecule has 1 aliphatic carbocycles. The van der Waals surface area contributed by atoms with Gasteiger partial charge in [0.1, 0.15) is 12.0 Å². The summed E-state index contributed by atoms with van der Waals surface area (Å²) in [4.78, 5) is 11.4. The summed E-state index contributed by atoms with van der Waals surface area (Å²) in [5, 5.41) is 13.1. The molecule has 2 heterocycles. The zero-order valence-corrected chi connectivity index (χ0v) is 13.0. The lowest BCUT2D eigenvalue weighted by Crippen LogP contribution is -2.54. The summed E-state index contributed by atoms with van der Waals surface area (Å²) in [5.74, 6) is -1.49. The summed E-state index contributed by atoms with van der Waals surface area (Å²) in [6.45, 7) is 0.276. The number of carboxylic acids is 1. The van der Waals surface area contributed by atoms with Crippen molar-refractivity contribution in [2.45, 2.75) is 43.9 Å². The minimum atomic E-state index is -3.51. The SMILES string of the molecule is O=C(O)C1CCN(S(=O)(=O)Cc2ccon2)C2CCCCC12. The average Bonchev–Trinajstić information content (AvgIpc) is 2.98. The van der Waals surface area contributed by atoms with Gasteiger partial charge in [-0.05, 0) is 25.2 Å². The van der Waals surface area contributed by atoms with E-state index in [1.54, 1.807) is 6.07 Å². The number of nitrogens with zero attached hydrogens (tertiary/aromatic N) is 2. The molecule has 8 heteroatoms. The predicted molar refractivity (Wildman–Crippen MR) is 77.3 cm³/mol. The Balaban J connectivity index is 1.83. The average molecular weight is 328 g/mol. The molecule has 1 aromatic heterocycles. The van der Waals surface area contributed by atoms with Gasteiger partial charge in [-0.15, -0.1) is 0 Å². The zero-order chi connectivity index (χ0) is 15.7. The third-order valence-corrected chi connectivity index (χ3v) is 6.65. The second-order valence-electron chi connectivity index (χ2n) is 6.11. The molecule has 0 amide bonds. The Morgan fingerprint density at radius 2 is 2.14 bits per heavy atom. The Bertz CT molecular complexity index is 628. The first-order chi connectivity index (χ1) is 10.5. The van der Waals surface area contributed by atoms with E-state index in [4.69, 9.17) is 4.52 Å². The number of rotatable bonds is 4. The standard InChI is InChI=1S/C14H20N2O5S/c17-14(18)12-5-7-16(13-4-2-1-3-11(12)13)22(19,20)9-10-6-8-21-15-10/h6,8,11-13H,1-5,7,9H2,(H,17,18). The third-order valence-electron chi connectivity index (χ3n) is 4.82. The maximum Gasteiger partial charge on any atom is 0.306 e. The van der Waals surface area contributed by atoms with Gasteiger partial charge in [0.15, 0.2) is 0 Å². The maximum atomic E-state index is 12.7. The summed E-state index contributed by atoms with van der Waals surface area (Å²) < 4.78 is 31.6. The highest BCUT2D eigenvalue weighted by molar-refractivity contribution is 7.88. The molecule has 2 fully saturated rings. The van der Waals surface area contributed by atoms with Crippen molar-refractivity contribution in [2.24, 2.45) is 11.8 Å². The molecule has 0 radical (unpaired) electrons. The molecule has 7 nitrogen and oxygen atoms in total. The molecule has 1 N–H and O–H groups in total. The fourth-order valence-electron chi connectivity index (χ4n) is 3.85. The van der Waals surface area contributed by atoms with Gasteiger partial charge < -0.3 is 9.63 Å². The van der Waals surface area contributed by atoms with Crippen molar-refractivity contribution < 1.29 is 22.8 Å². The Morgan fingerprint density at radius 3 is 2.82 bits per heavy atom. The van der Waals surface area contributed by atoms with Crippen molar-refractivity contribution in [1.82, 2.24) is 9.46 Å². The molecule has 2 aliphatic rings. The van der Waals surface area contributed by atoms with E-state index in [0.717, 1.165) is 25.7 Å². The van der Waals surface area contributed by atoms with Gasteiger partial charge in [-0.3, -0.25) is 4.79 Å². The van der Waals surface area contributed by atoms with Gasteiger partial charge in [0.2, 0.25) is 10.0 Å². The summed E-state index contributed by atoms with van der Waals surface area (Å²) in [6, 6.07) is 1.35. The number of carboxylic acid groups (broad SMARTS) is 1. The van der Waals surface area contributed by atoms with Crippen molar-refractivity contribution in [3.05, 3.63) is 18.0 Å². The molecular weight excluding hydrogens is 308 g/mol. The van der Waals surface area contributed by atoms with Crippen LogP contribution in [0.25, 0.3) is 0 Å². The number of fused-ring (bicyclic) bond motifs is 1. The number of sulfonamides is 1. The molecule has 0 spiro atoms. The fourth-order valence-corrected chi connectivity index (χ4v) is 5.59. The highest BCUT2D eigenvalue weighted by atomic mass is 32.2. The van der Waals surface area contributed by atoms with Crippen LogP contribution in [0.3, 0.4) is 0 Å². The van der Waals surface area contributed by atoms with E-state index in [9.17, 15) is 18.3 Å². The van der Waals surface area contributed by atoms with Crippen LogP contribution in [-0.2, 0) is 20.6 Å². The molecule has 3 atom stereocenters. The molecule has 22 heavy (non-hydrogen) atoms. The summed E-state index contributed by atoms with van der Waals surface area (Å²) in [7, 11) is -3.51. The van der Waals surface area contributed by atoms with Gasteiger partial charge in [-0.1, -0.05) is 18.0 Å². The first-order valence-corrected chi connectivity index (χ1v) is 9.21. The van der Waals surface area contributed by atoms with Crippen LogP contribution in [0.1, 0.15) is 37.8 Å². The lowest BCUT2D eigenvalue weighted by molar-refractivity contribution is -0.147. The van der Waals surface area contributed by atoms with Crippen molar-refractivity contribution in [3.63, 3.8) is 0 Å². The van der Waals surface area contributed by atoms with E-state index in [1.807, 2.05) is 0 Å². The van der Waals surface area contributed by atoms with E-state index in [-0.39, 0.29) is 24.3 Å². The summed E-state index contributed by atoms with van der Waals surface area (Å²) >= 11 is 0. The van der Waals surface area contributed by atoms with Crippen molar-refractivity contribution in [2.75, 3.05) is 6.54 Å². The highest BCUT2D eigenvalue weighted by Crippen LogP contribution is 2.40. The molecule has 1 aliphatic heterocycles. The fraction of sp³-hybridized carbons (Fsp3) is 0.714. The van der Waals surface area contributed by atoms with Crippen molar-refractivity contribution in [3.8, 4) is 0 Å². The second kappa shape index (κ2) is 6.00. The lowest BCUT2D eigenvalue weighted by atomic mass is 9.73. The number of carbonyl (C=O) groups is 1. The van der Waals surface area contributed by atoms with Crippen LogP contribution in [0.4, 0.5) is 0 Å². The number of aliphatic carboxylic acids is 1. The number of hydrogen-bond acceptors (Lipinski definition) is 5. The van der Waals surface area contributed by atoms with E-state index >= 15 is 0 Å². The van der Waals surface area contributed by atoms with E-state index in [2.05, 4.69) is 5.16 Å². The topological polar surface area (TPSA) is 101 Å². The molecule has 3 rings (SSSR count). The largest absolute Gasteiger partial charge is 0.481 e. The van der Waals surface area contributed by atoms with Crippen molar-refractivity contribution in [1.29, 1.82) is 0 Å². The minimum absolute atomic E-state index is 0.0768. The Hall–Kier alpha value is -1.41. The second-order valence-corrected chi connectivity index (χ2v) is 8.03. The minimum Gasteiger partial charge on any atom is -0.481 e. The molecule has 3 unspecified atom stereocenters. The number of aromatic nitrogens is 1. The highest BCUT2D eigenvalue weighted by Gasteiger charge is 2.46. The first-order valence-electron chi connectivity index (χ1n) is 7.60. The molecule has 1 saturated heterocycles. The van der Waals surface area contributed by atoms with Gasteiger partial charge in [-0.2, -0.15) is 4.31 Å². The first kappa shape index (κ1) is 15.5. The van der Waals surface area contributed by atoms with Crippen molar-refractivity contribution >= 4 is 16.0 Å². The van der Waals surface area contributed by atoms with Crippen LogP contribution in [0.5, 0.6) is 0 Å². The van der Waals surface area contributed by atoms with Gasteiger partial charge in [0.05, 0.1) is 11.6 Å². The van der Waals surface area contributed by atoms with Crippen LogP contribution >= 0.6 is 0 Å². The molecule has 1 saturated carbocycles. The van der Waals surface area contributed by atoms with E-state index in [0.29, 0.717) is 12.1 Å². The van der Waals surface area contributed by atoms with Crippen LogP contribution in [0.15, 0.2) is 16.9 Å². The molecular formula is C14H20N2O5S. The zero-order valence-electron chi connectivity index (χ0n) is 12.2. The van der Waals surface area contributed by atoms with Gasteiger partial charge in [-0.25, -0.2) is 8.42 Å². The maximum absolute atomic E-state index is 12.7.